The van der Waals surface area contributed by atoms with Crippen LogP contribution in [0.25, 0.3) is 0 Å². The minimum absolute atomic E-state index is 0.107. The van der Waals surface area contributed by atoms with Crippen LogP contribution < -0.4 is 0 Å². The Hall–Kier alpha value is -1.94. The molecule has 0 saturated heterocycles. The van der Waals surface area contributed by atoms with Crippen LogP contribution in [0.1, 0.15) is 434 Å². The van der Waals surface area contributed by atoms with Gasteiger partial charge in [0, 0.05) is 25.7 Å². The van der Waals surface area contributed by atoms with Crippen molar-refractivity contribution in [3.8, 4) is 0 Å². The molecule has 0 radical (unpaired) electrons. The first-order valence-corrected chi connectivity index (χ1v) is 46.2. The highest BCUT2D eigenvalue weighted by molar-refractivity contribution is 7.47. The van der Waals surface area contributed by atoms with Crippen LogP contribution in [-0.4, -0.2) is 96.7 Å². The predicted molar refractivity (Wildman–Crippen MR) is 423 cm³/mol. The van der Waals surface area contributed by atoms with Gasteiger partial charge < -0.3 is 33.8 Å². The molecule has 0 heterocycles. The van der Waals surface area contributed by atoms with E-state index in [0.717, 1.165) is 114 Å². The Kier molecular flexibility index (Phi) is 71.5. The molecule has 19 heteroatoms. The highest BCUT2D eigenvalue weighted by Crippen LogP contribution is 2.45. The van der Waals surface area contributed by atoms with E-state index in [1.807, 2.05) is 0 Å². The van der Waals surface area contributed by atoms with Crippen molar-refractivity contribution in [2.24, 2.45) is 23.7 Å². The third-order valence-electron chi connectivity index (χ3n) is 19.9. The number of phosphoric ester groups is 2. The van der Waals surface area contributed by atoms with Gasteiger partial charge in [0.2, 0.25) is 0 Å². The lowest BCUT2D eigenvalue weighted by molar-refractivity contribution is -0.161. The monoisotopic (exact) mass is 1510 g/mol. The van der Waals surface area contributed by atoms with Crippen LogP contribution >= 0.6 is 15.6 Å². The molecule has 0 spiro atoms. The molecule has 0 aliphatic rings. The smallest absolute Gasteiger partial charge is 0.462 e. The number of carbonyl (C=O) groups is 4. The zero-order valence-electron chi connectivity index (χ0n) is 68.0. The average molecular weight is 1510 g/mol. The van der Waals surface area contributed by atoms with Crippen molar-refractivity contribution in [1.82, 2.24) is 0 Å². The number of ether oxygens (including phenoxy) is 4. The number of unbranched alkanes of at least 4 members (excludes halogenated alkanes) is 46. The largest absolute Gasteiger partial charge is 0.472 e. The van der Waals surface area contributed by atoms with Gasteiger partial charge in [0.25, 0.3) is 0 Å². The first-order valence-electron chi connectivity index (χ1n) is 43.2. The second kappa shape index (κ2) is 72.9. The molecule has 3 N–H and O–H groups in total. The number of esters is 4. The lowest BCUT2D eigenvalue weighted by atomic mass is 9.99. The molecule has 0 aliphatic heterocycles. The third kappa shape index (κ3) is 76.6. The van der Waals surface area contributed by atoms with Crippen LogP contribution in [0.5, 0.6) is 0 Å². The van der Waals surface area contributed by atoms with E-state index in [9.17, 15) is 43.2 Å². The third-order valence-corrected chi connectivity index (χ3v) is 21.8. The maximum atomic E-state index is 13.1. The van der Waals surface area contributed by atoms with Gasteiger partial charge in [0.15, 0.2) is 12.2 Å². The van der Waals surface area contributed by atoms with Crippen LogP contribution in [0.4, 0.5) is 0 Å². The first-order chi connectivity index (χ1) is 49.6. The number of hydrogen-bond acceptors (Lipinski definition) is 15. The molecule has 612 valence electrons. The average Bonchev–Trinajstić information content (AvgIpc) is 0.913. The molecule has 0 fully saturated rings. The molecule has 0 aromatic heterocycles. The maximum Gasteiger partial charge on any atom is 0.472 e. The van der Waals surface area contributed by atoms with Crippen molar-refractivity contribution in [1.29, 1.82) is 0 Å². The van der Waals surface area contributed by atoms with Crippen molar-refractivity contribution < 1.29 is 80.2 Å². The van der Waals surface area contributed by atoms with Gasteiger partial charge in [-0.25, -0.2) is 9.13 Å². The number of hydrogen-bond donors (Lipinski definition) is 3. The van der Waals surface area contributed by atoms with Gasteiger partial charge in [-0.05, 0) is 49.4 Å². The van der Waals surface area contributed by atoms with Gasteiger partial charge in [-0.3, -0.25) is 37.3 Å². The van der Waals surface area contributed by atoms with Gasteiger partial charge in [0.05, 0.1) is 26.4 Å². The molecule has 6 atom stereocenters. The fraction of sp³-hybridized carbons (Fsp3) is 0.952. The van der Waals surface area contributed by atoms with E-state index in [4.69, 9.17) is 37.0 Å². The number of aliphatic hydroxyl groups is 1. The zero-order valence-corrected chi connectivity index (χ0v) is 69.7. The highest BCUT2D eigenvalue weighted by atomic mass is 31.2. The Labute approximate surface area is 632 Å². The molecular formula is C84H164O17P2. The number of phosphoric acid groups is 2. The fourth-order valence-corrected chi connectivity index (χ4v) is 14.5. The first kappa shape index (κ1) is 101. The Morgan fingerprint density at radius 3 is 0.689 bits per heavy atom. The molecule has 103 heavy (non-hydrogen) atoms. The molecule has 0 amide bonds. The Bertz CT molecular complexity index is 2010. The summed E-state index contributed by atoms with van der Waals surface area (Å²) < 4.78 is 68.9. The van der Waals surface area contributed by atoms with E-state index in [2.05, 4.69) is 55.4 Å². The van der Waals surface area contributed by atoms with Crippen molar-refractivity contribution in [2.45, 2.75) is 453 Å². The van der Waals surface area contributed by atoms with Crippen LogP contribution in [-0.2, 0) is 65.4 Å². The Morgan fingerprint density at radius 1 is 0.272 bits per heavy atom. The maximum absolute atomic E-state index is 13.1. The van der Waals surface area contributed by atoms with E-state index in [0.29, 0.717) is 25.7 Å². The van der Waals surface area contributed by atoms with E-state index in [1.165, 1.54) is 238 Å². The van der Waals surface area contributed by atoms with E-state index >= 15 is 0 Å². The molecule has 17 nitrogen and oxygen atoms in total. The molecule has 0 rings (SSSR count). The van der Waals surface area contributed by atoms with Crippen molar-refractivity contribution in [2.75, 3.05) is 39.6 Å². The summed E-state index contributed by atoms with van der Waals surface area (Å²) in [6.07, 6.45) is 61.0. The zero-order chi connectivity index (χ0) is 76.0. The summed E-state index contributed by atoms with van der Waals surface area (Å²) in [5.74, 6) is 1.06. The van der Waals surface area contributed by atoms with Crippen LogP contribution in [0, 0.1) is 23.7 Å². The molecule has 0 aliphatic carbocycles. The second-order valence-corrected chi connectivity index (χ2v) is 34.8. The summed E-state index contributed by atoms with van der Waals surface area (Å²) in [5.41, 5.74) is 0. The predicted octanol–water partition coefficient (Wildman–Crippen LogP) is 25.2. The van der Waals surface area contributed by atoms with Gasteiger partial charge in [-0.2, -0.15) is 0 Å². The summed E-state index contributed by atoms with van der Waals surface area (Å²) in [6, 6.07) is 0. The number of carbonyl (C=O) groups excluding carboxylic acids is 4. The standard InChI is InChI=1S/C84H164O17P2/c1-9-77(8)63-55-47-39-30-24-18-12-15-21-27-33-43-51-59-67-83(88)100-79(70-94-81(86)64-56-48-40-31-25-19-13-10-16-22-28-36-44-52-60-74(2)3)72-98-102(90,91)96-68-78(85)69-97-103(92,93)99-73-80(71-95-82(87)65-57-49-41-35-34-38-46-54-62-76(6)7)101-84(89)66-58-50-42-32-26-20-14-11-17-23-29-37-45-53-61-75(4)5/h74-80,85H,9-73H2,1-8H3,(H,90,91)(H,92,93)/t77?,78-,79-,80-/m1/s1. The van der Waals surface area contributed by atoms with Crippen LogP contribution in [0.2, 0.25) is 0 Å². The second-order valence-electron chi connectivity index (χ2n) is 31.9. The van der Waals surface area contributed by atoms with Crippen molar-refractivity contribution in [3.63, 3.8) is 0 Å². The van der Waals surface area contributed by atoms with Gasteiger partial charge >= 0.3 is 39.5 Å². The number of aliphatic hydroxyl groups excluding tert-OH is 1. The summed E-state index contributed by atoms with van der Waals surface area (Å²) in [7, 11) is -9.93. The molecule has 3 unspecified atom stereocenters. The van der Waals surface area contributed by atoms with Crippen LogP contribution in [0.15, 0.2) is 0 Å². The van der Waals surface area contributed by atoms with Crippen LogP contribution in [0.3, 0.4) is 0 Å². The number of rotatable bonds is 81. The summed E-state index contributed by atoms with van der Waals surface area (Å²) in [5, 5.41) is 10.7. The Balaban J connectivity index is 5.26. The van der Waals surface area contributed by atoms with Gasteiger partial charge in [-0.1, -0.05) is 383 Å². The summed E-state index contributed by atoms with van der Waals surface area (Å²) in [6.45, 7) is 14.3. The molecule has 0 saturated carbocycles. The SMILES string of the molecule is CCC(C)CCCCCCCCCCCCCCCCC(=O)O[C@H](COC(=O)CCCCCCCCCCCCCCCCC(C)C)COP(=O)(O)OC[C@@H](O)COP(=O)(O)OC[C@@H](COC(=O)CCCCCCCCCCC(C)C)OC(=O)CCCCCCCCCCCCCCCCC(C)C. The molecule has 0 bridgehead atoms. The lowest BCUT2D eigenvalue weighted by Gasteiger charge is -2.21. The molecular weight excluding hydrogens is 1340 g/mol. The van der Waals surface area contributed by atoms with E-state index in [-0.39, 0.29) is 25.7 Å². The van der Waals surface area contributed by atoms with E-state index in [1.54, 1.807) is 0 Å². The lowest BCUT2D eigenvalue weighted by Crippen LogP contribution is -2.30. The highest BCUT2D eigenvalue weighted by Gasteiger charge is 2.30. The summed E-state index contributed by atoms with van der Waals surface area (Å²) in [4.78, 5) is 73.2. The normalized spacial score (nSPS) is 14.2. The van der Waals surface area contributed by atoms with E-state index < -0.39 is 97.5 Å². The van der Waals surface area contributed by atoms with Crippen molar-refractivity contribution in [3.05, 3.63) is 0 Å². The molecule has 0 aromatic rings. The minimum Gasteiger partial charge on any atom is -0.462 e. The van der Waals surface area contributed by atoms with Gasteiger partial charge in [-0.15, -0.1) is 0 Å². The van der Waals surface area contributed by atoms with Crippen molar-refractivity contribution >= 4 is 39.5 Å². The summed E-state index contributed by atoms with van der Waals surface area (Å²) >= 11 is 0. The fourth-order valence-electron chi connectivity index (χ4n) is 12.9. The molecule has 0 aromatic carbocycles. The Morgan fingerprint density at radius 2 is 0.466 bits per heavy atom. The topological polar surface area (TPSA) is 237 Å². The van der Waals surface area contributed by atoms with Gasteiger partial charge in [0.1, 0.15) is 19.3 Å². The minimum atomic E-state index is -4.97. The quantitative estimate of drug-likeness (QED) is 0.0222.